The number of carbonyl (C=O) groups is 1. The summed E-state index contributed by atoms with van der Waals surface area (Å²) in [5.41, 5.74) is 1.99. The van der Waals surface area contributed by atoms with E-state index in [2.05, 4.69) is 30.7 Å². The molecule has 5 heteroatoms. The zero-order valence-electron chi connectivity index (χ0n) is 13.3. The SMILES string of the molecule is C[C@H](C(=O)N1Cc2cnc(C(C)(C)C)nc2C1)N(C)C. The van der Waals surface area contributed by atoms with Crippen molar-refractivity contribution in [3.63, 3.8) is 0 Å². The van der Waals surface area contributed by atoms with Crippen molar-refractivity contribution < 1.29 is 4.79 Å². The van der Waals surface area contributed by atoms with E-state index in [1.807, 2.05) is 37.0 Å². The van der Waals surface area contributed by atoms with Crippen LogP contribution in [0.5, 0.6) is 0 Å². The zero-order chi connectivity index (χ0) is 15.1. The molecule has 0 fully saturated rings. The van der Waals surface area contributed by atoms with Crippen molar-refractivity contribution in [3.05, 3.63) is 23.3 Å². The van der Waals surface area contributed by atoms with Gasteiger partial charge in [-0.1, -0.05) is 20.8 Å². The van der Waals surface area contributed by atoms with Gasteiger partial charge in [0.1, 0.15) is 5.82 Å². The van der Waals surface area contributed by atoms with Crippen molar-refractivity contribution in [3.8, 4) is 0 Å². The van der Waals surface area contributed by atoms with Crippen LogP contribution in [0.4, 0.5) is 0 Å². The van der Waals surface area contributed by atoms with E-state index in [-0.39, 0.29) is 17.4 Å². The first-order valence-corrected chi connectivity index (χ1v) is 7.00. The number of rotatable bonds is 2. The lowest BCUT2D eigenvalue weighted by Crippen LogP contribution is -2.41. The Hall–Kier alpha value is -1.49. The first-order valence-electron chi connectivity index (χ1n) is 7.00. The fourth-order valence-electron chi connectivity index (χ4n) is 2.16. The Kier molecular flexibility index (Phi) is 3.82. The van der Waals surface area contributed by atoms with Gasteiger partial charge in [0, 0.05) is 23.7 Å². The Morgan fingerprint density at radius 2 is 2.00 bits per heavy atom. The molecule has 2 rings (SSSR count). The lowest BCUT2D eigenvalue weighted by molar-refractivity contribution is -0.136. The largest absolute Gasteiger partial charge is 0.331 e. The predicted molar refractivity (Wildman–Crippen MR) is 78.1 cm³/mol. The summed E-state index contributed by atoms with van der Waals surface area (Å²) in [5, 5.41) is 0. The van der Waals surface area contributed by atoms with Gasteiger partial charge in [-0.3, -0.25) is 9.69 Å². The van der Waals surface area contributed by atoms with Crippen molar-refractivity contribution >= 4 is 5.91 Å². The molecule has 0 bridgehead atoms. The van der Waals surface area contributed by atoms with Crippen molar-refractivity contribution in [2.75, 3.05) is 14.1 Å². The second-order valence-corrected chi connectivity index (χ2v) is 6.75. The molecule has 0 aliphatic carbocycles. The average Bonchev–Trinajstić information content (AvgIpc) is 2.78. The summed E-state index contributed by atoms with van der Waals surface area (Å²) >= 11 is 0. The second kappa shape index (κ2) is 5.13. The summed E-state index contributed by atoms with van der Waals surface area (Å²) in [6.45, 7) is 9.44. The third kappa shape index (κ3) is 2.82. The highest BCUT2D eigenvalue weighted by atomic mass is 16.2. The van der Waals surface area contributed by atoms with Crippen LogP contribution in [0.2, 0.25) is 0 Å². The Morgan fingerprint density at radius 3 is 2.55 bits per heavy atom. The van der Waals surface area contributed by atoms with Gasteiger partial charge in [-0.2, -0.15) is 0 Å². The van der Waals surface area contributed by atoms with Gasteiger partial charge in [0.25, 0.3) is 0 Å². The van der Waals surface area contributed by atoms with Gasteiger partial charge in [-0.15, -0.1) is 0 Å². The van der Waals surface area contributed by atoms with Crippen molar-refractivity contribution in [2.24, 2.45) is 0 Å². The molecule has 1 amide bonds. The van der Waals surface area contributed by atoms with Gasteiger partial charge >= 0.3 is 0 Å². The van der Waals surface area contributed by atoms with Crippen LogP contribution in [-0.2, 0) is 23.3 Å². The van der Waals surface area contributed by atoms with E-state index in [1.54, 1.807) is 0 Å². The monoisotopic (exact) mass is 276 g/mol. The summed E-state index contributed by atoms with van der Waals surface area (Å²) < 4.78 is 0. The lowest BCUT2D eigenvalue weighted by atomic mass is 9.95. The van der Waals surface area contributed by atoms with Gasteiger partial charge in [0.05, 0.1) is 18.3 Å². The third-order valence-electron chi connectivity index (χ3n) is 3.77. The summed E-state index contributed by atoms with van der Waals surface area (Å²) in [6, 6.07) is -0.112. The van der Waals surface area contributed by atoms with E-state index in [0.29, 0.717) is 13.1 Å². The van der Waals surface area contributed by atoms with Crippen LogP contribution in [0.3, 0.4) is 0 Å². The molecule has 1 aromatic rings. The number of hydrogen-bond acceptors (Lipinski definition) is 4. The van der Waals surface area contributed by atoms with Crippen LogP contribution in [0, 0.1) is 0 Å². The van der Waals surface area contributed by atoms with Crippen LogP contribution in [0.25, 0.3) is 0 Å². The minimum atomic E-state index is -0.112. The first kappa shape index (κ1) is 14.9. The summed E-state index contributed by atoms with van der Waals surface area (Å²) in [4.78, 5) is 25.2. The smallest absolute Gasteiger partial charge is 0.240 e. The van der Waals surface area contributed by atoms with Crippen LogP contribution in [0.15, 0.2) is 6.20 Å². The van der Waals surface area contributed by atoms with E-state index in [9.17, 15) is 4.79 Å². The molecule has 0 radical (unpaired) electrons. The Balaban J connectivity index is 2.18. The van der Waals surface area contributed by atoms with Crippen LogP contribution < -0.4 is 0 Å². The maximum absolute atomic E-state index is 12.4. The van der Waals surface area contributed by atoms with Gasteiger partial charge < -0.3 is 4.90 Å². The third-order valence-corrected chi connectivity index (χ3v) is 3.77. The normalized spacial score (nSPS) is 16.4. The molecule has 0 spiro atoms. The van der Waals surface area contributed by atoms with Gasteiger partial charge in [0.2, 0.25) is 5.91 Å². The molecular weight excluding hydrogens is 252 g/mol. The number of likely N-dealkylation sites (N-methyl/N-ethyl adjacent to an activating group) is 1. The predicted octanol–water partition coefficient (Wildman–Crippen LogP) is 1.57. The van der Waals surface area contributed by atoms with Crippen molar-refractivity contribution in [2.45, 2.75) is 52.2 Å². The standard InChI is InChI=1S/C15H24N4O/c1-10(18(5)6)13(20)19-8-11-7-16-14(15(2,3)4)17-12(11)9-19/h7,10H,8-9H2,1-6H3/t10-/m1/s1. The lowest BCUT2D eigenvalue weighted by Gasteiger charge is -2.24. The molecule has 0 saturated carbocycles. The van der Waals surface area contributed by atoms with E-state index < -0.39 is 0 Å². The molecule has 5 nitrogen and oxygen atoms in total. The summed E-state index contributed by atoms with van der Waals surface area (Å²) in [7, 11) is 3.84. The van der Waals surface area contributed by atoms with Crippen LogP contribution in [0.1, 0.15) is 44.8 Å². The molecular formula is C15H24N4O. The molecule has 0 saturated heterocycles. The highest BCUT2D eigenvalue weighted by molar-refractivity contribution is 5.81. The van der Waals surface area contributed by atoms with E-state index in [4.69, 9.17) is 0 Å². The van der Waals surface area contributed by atoms with Crippen molar-refractivity contribution in [1.82, 2.24) is 19.8 Å². The fraction of sp³-hybridized carbons (Fsp3) is 0.667. The molecule has 1 aliphatic heterocycles. The highest BCUT2D eigenvalue weighted by Crippen LogP contribution is 2.25. The van der Waals surface area contributed by atoms with Gasteiger partial charge in [-0.05, 0) is 21.0 Å². The topological polar surface area (TPSA) is 49.3 Å². The molecule has 2 heterocycles. The Labute approximate surface area is 121 Å². The molecule has 0 unspecified atom stereocenters. The molecule has 0 N–H and O–H groups in total. The van der Waals surface area contributed by atoms with Gasteiger partial charge in [0.15, 0.2) is 0 Å². The minimum Gasteiger partial charge on any atom is -0.331 e. The maximum Gasteiger partial charge on any atom is 0.240 e. The molecule has 20 heavy (non-hydrogen) atoms. The minimum absolute atomic E-state index is 0.0661. The second-order valence-electron chi connectivity index (χ2n) is 6.75. The average molecular weight is 276 g/mol. The van der Waals surface area contributed by atoms with Crippen LogP contribution in [-0.4, -0.2) is 45.8 Å². The molecule has 110 valence electrons. The summed E-state index contributed by atoms with van der Waals surface area (Å²) in [5.74, 6) is 0.983. The number of nitrogens with zero attached hydrogens (tertiary/aromatic N) is 4. The molecule has 1 atom stereocenters. The molecule has 0 aromatic carbocycles. The highest BCUT2D eigenvalue weighted by Gasteiger charge is 2.30. The number of carbonyl (C=O) groups excluding carboxylic acids is 1. The fourth-order valence-corrected chi connectivity index (χ4v) is 2.16. The Morgan fingerprint density at radius 1 is 1.35 bits per heavy atom. The zero-order valence-corrected chi connectivity index (χ0v) is 13.3. The first-order chi connectivity index (χ1) is 9.20. The summed E-state index contributed by atoms with van der Waals surface area (Å²) in [6.07, 6.45) is 1.87. The Bertz CT molecular complexity index is 519. The number of hydrogen-bond donors (Lipinski definition) is 0. The van der Waals surface area contributed by atoms with E-state index in [1.165, 1.54) is 0 Å². The quantitative estimate of drug-likeness (QED) is 0.822. The van der Waals surface area contributed by atoms with E-state index >= 15 is 0 Å². The van der Waals surface area contributed by atoms with Crippen molar-refractivity contribution in [1.29, 1.82) is 0 Å². The number of fused-ring (bicyclic) bond motifs is 1. The number of aromatic nitrogens is 2. The molecule has 1 aliphatic rings. The number of amides is 1. The maximum atomic E-state index is 12.4. The van der Waals surface area contributed by atoms with E-state index in [0.717, 1.165) is 17.1 Å². The molecule has 1 aromatic heterocycles. The van der Waals surface area contributed by atoms with Crippen LogP contribution >= 0.6 is 0 Å². The van der Waals surface area contributed by atoms with Gasteiger partial charge in [-0.25, -0.2) is 9.97 Å².